The van der Waals surface area contributed by atoms with Crippen molar-refractivity contribution in [3.63, 3.8) is 0 Å². The predicted octanol–water partition coefficient (Wildman–Crippen LogP) is 3.03. The van der Waals surface area contributed by atoms with Gasteiger partial charge in [-0.3, -0.25) is 4.79 Å². The summed E-state index contributed by atoms with van der Waals surface area (Å²) >= 11 is 5.92. The first-order chi connectivity index (χ1) is 8.24. The quantitative estimate of drug-likeness (QED) is 0.841. The van der Waals surface area contributed by atoms with E-state index >= 15 is 0 Å². The van der Waals surface area contributed by atoms with Crippen LogP contribution in [0.4, 0.5) is 8.78 Å². The molecule has 18 heavy (non-hydrogen) atoms. The second kappa shape index (κ2) is 5.65. The van der Waals surface area contributed by atoms with Crippen molar-refractivity contribution in [3.8, 4) is 0 Å². The Balaban J connectivity index is 2.74. The molecule has 1 rings (SSSR count). The van der Waals surface area contributed by atoms with Crippen LogP contribution in [0.15, 0.2) is 18.2 Å². The number of carbonyl (C=O) groups is 1. The summed E-state index contributed by atoms with van der Waals surface area (Å²) in [6, 6.07) is 3.77. The minimum atomic E-state index is -0.982. The molecule has 0 aliphatic rings. The Kier molecular flexibility index (Phi) is 4.68. The van der Waals surface area contributed by atoms with Crippen LogP contribution < -0.4 is 5.32 Å². The third kappa shape index (κ3) is 3.67. The lowest BCUT2D eigenvalue weighted by Gasteiger charge is -2.29. The van der Waals surface area contributed by atoms with Crippen LogP contribution in [-0.4, -0.2) is 16.8 Å². The molecule has 1 atom stereocenters. The molecule has 1 aromatic carbocycles. The van der Waals surface area contributed by atoms with Crippen LogP contribution in [0.25, 0.3) is 0 Å². The fourth-order valence-corrected chi connectivity index (χ4v) is 1.42. The first-order valence-corrected chi connectivity index (χ1v) is 6.05. The number of rotatable bonds is 4. The molecule has 0 saturated carbocycles. The van der Waals surface area contributed by atoms with Gasteiger partial charge in [0.25, 0.3) is 0 Å². The molecular formula is C13H16ClF2NO. The maximum atomic E-state index is 13.4. The van der Waals surface area contributed by atoms with Gasteiger partial charge in [-0.1, -0.05) is 12.1 Å². The Hall–Kier alpha value is -1.16. The molecule has 100 valence electrons. The average molecular weight is 276 g/mol. The van der Waals surface area contributed by atoms with Gasteiger partial charge >= 0.3 is 0 Å². The highest BCUT2D eigenvalue weighted by Crippen LogP contribution is 2.16. The zero-order chi connectivity index (χ0) is 13.9. The van der Waals surface area contributed by atoms with Crippen LogP contribution in [0.2, 0.25) is 0 Å². The Bertz CT molecular complexity index is 447. The zero-order valence-electron chi connectivity index (χ0n) is 10.6. The third-order valence-electron chi connectivity index (χ3n) is 2.84. The summed E-state index contributed by atoms with van der Waals surface area (Å²) in [5.74, 6) is -2.33. The van der Waals surface area contributed by atoms with Crippen LogP contribution in [0, 0.1) is 11.6 Å². The van der Waals surface area contributed by atoms with Gasteiger partial charge in [-0.05, 0) is 26.8 Å². The smallest absolute Gasteiger partial charge is 0.224 e. The highest BCUT2D eigenvalue weighted by Gasteiger charge is 2.26. The lowest BCUT2D eigenvalue weighted by molar-refractivity contribution is -0.122. The van der Waals surface area contributed by atoms with Crippen LogP contribution in [-0.2, 0) is 11.2 Å². The first kappa shape index (κ1) is 14.9. The number of hydrogen-bond donors (Lipinski definition) is 1. The Morgan fingerprint density at radius 2 is 2.06 bits per heavy atom. The van der Waals surface area contributed by atoms with E-state index in [9.17, 15) is 13.6 Å². The minimum absolute atomic E-state index is 0.0329. The lowest BCUT2D eigenvalue weighted by atomic mass is 10.0. The zero-order valence-corrected chi connectivity index (χ0v) is 11.3. The predicted molar refractivity (Wildman–Crippen MR) is 67.6 cm³/mol. The van der Waals surface area contributed by atoms with E-state index < -0.39 is 23.1 Å². The summed E-state index contributed by atoms with van der Waals surface area (Å²) in [5.41, 5.74) is -0.576. The molecule has 0 spiro atoms. The molecule has 0 fully saturated rings. The largest absolute Gasteiger partial charge is 0.349 e. The topological polar surface area (TPSA) is 29.1 Å². The Labute approximate surface area is 110 Å². The van der Waals surface area contributed by atoms with Gasteiger partial charge in [-0.25, -0.2) is 8.78 Å². The molecule has 2 nitrogen and oxygen atoms in total. The van der Waals surface area contributed by atoms with Crippen LogP contribution in [0.1, 0.15) is 26.3 Å². The van der Waals surface area contributed by atoms with E-state index in [1.54, 1.807) is 20.8 Å². The number of benzene rings is 1. The summed E-state index contributed by atoms with van der Waals surface area (Å²) in [6.45, 7) is 5.29. The summed E-state index contributed by atoms with van der Waals surface area (Å²) in [7, 11) is 0. The number of halogens is 3. The Morgan fingerprint density at radius 3 is 2.61 bits per heavy atom. The van der Waals surface area contributed by atoms with Gasteiger partial charge in [-0.15, -0.1) is 11.6 Å². The molecule has 0 aliphatic carbocycles. The summed E-state index contributed by atoms with van der Waals surface area (Å²) in [4.78, 5) is 11.7. The van der Waals surface area contributed by atoms with E-state index in [1.165, 1.54) is 12.1 Å². The second-order valence-corrected chi connectivity index (χ2v) is 5.43. The van der Waals surface area contributed by atoms with Crippen LogP contribution in [0.3, 0.4) is 0 Å². The molecule has 1 unspecified atom stereocenters. The van der Waals surface area contributed by atoms with Crippen LogP contribution >= 0.6 is 11.6 Å². The second-order valence-electron chi connectivity index (χ2n) is 4.78. The number of carbonyl (C=O) groups excluding carboxylic acids is 1. The van der Waals surface area contributed by atoms with Crippen molar-refractivity contribution < 1.29 is 13.6 Å². The molecule has 0 aromatic heterocycles. The fourth-order valence-electron chi connectivity index (χ4n) is 1.36. The van der Waals surface area contributed by atoms with E-state index in [-0.39, 0.29) is 17.4 Å². The van der Waals surface area contributed by atoms with E-state index in [1.807, 2.05) is 0 Å². The standard InChI is InChI=1S/C13H16ClF2NO/c1-8(14)13(2,3)17-11(18)7-9-5-4-6-10(15)12(9)16/h4-6,8H,7H2,1-3H3,(H,17,18). The molecular weight excluding hydrogens is 260 g/mol. The van der Waals surface area contributed by atoms with Crippen molar-refractivity contribution in [3.05, 3.63) is 35.4 Å². The van der Waals surface area contributed by atoms with E-state index in [2.05, 4.69) is 5.32 Å². The number of amides is 1. The van der Waals surface area contributed by atoms with Gasteiger partial charge in [0.15, 0.2) is 11.6 Å². The molecule has 0 bridgehead atoms. The van der Waals surface area contributed by atoms with Crippen molar-refractivity contribution in [1.29, 1.82) is 0 Å². The van der Waals surface area contributed by atoms with Gasteiger partial charge < -0.3 is 5.32 Å². The third-order valence-corrected chi connectivity index (χ3v) is 3.38. The number of hydrogen-bond acceptors (Lipinski definition) is 1. The van der Waals surface area contributed by atoms with Gasteiger partial charge in [0.1, 0.15) is 0 Å². The monoisotopic (exact) mass is 275 g/mol. The van der Waals surface area contributed by atoms with E-state index in [0.29, 0.717) is 0 Å². The minimum Gasteiger partial charge on any atom is -0.349 e. The van der Waals surface area contributed by atoms with Crippen molar-refractivity contribution in [2.24, 2.45) is 0 Å². The number of nitrogens with one attached hydrogen (secondary N) is 1. The van der Waals surface area contributed by atoms with Gasteiger partial charge in [0.05, 0.1) is 17.3 Å². The average Bonchev–Trinajstić information content (AvgIpc) is 2.23. The molecule has 0 radical (unpaired) electrons. The van der Waals surface area contributed by atoms with Crippen molar-refractivity contribution in [2.75, 3.05) is 0 Å². The Morgan fingerprint density at radius 1 is 1.44 bits per heavy atom. The maximum Gasteiger partial charge on any atom is 0.224 e. The van der Waals surface area contributed by atoms with Gasteiger partial charge in [0, 0.05) is 5.56 Å². The summed E-state index contributed by atoms with van der Waals surface area (Å²) in [5, 5.41) is 2.41. The summed E-state index contributed by atoms with van der Waals surface area (Å²) in [6.07, 6.45) is -0.212. The van der Waals surface area contributed by atoms with E-state index in [4.69, 9.17) is 11.6 Å². The highest BCUT2D eigenvalue weighted by molar-refractivity contribution is 6.21. The SMILES string of the molecule is CC(Cl)C(C)(C)NC(=O)Cc1cccc(F)c1F. The van der Waals surface area contributed by atoms with Crippen molar-refractivity contribution >= 4 is 17.5 Å². The van der Waals surface area contributed by atoms with Crippen molar-refractivity contribution in [2.45, 2.75) is 38.1 Å². The molecule has 0 heterocycles. The molecule has 1 aromatic rings. The molecule has 1 N–H and O–H groups in total. The molecule has 0 aliphatic heterocycles. The normalized spacial score (nSPS) is 13.2. The number of alkyl halides is 1. The lowest BCUT2D eigenvalue weighted by Crippen LogP contribution is -2.49. The molecule has 0 saturated heterocycles. The highest BCUT2D eigenvalue weighted by atomic mass is 35.5. The van der Waals surface area contributed by atoms with Crippen LogP contribution in [0.5, 0.6) is 0 Å². The first-order valence-electron chi connectivity index (χ1n) is 5.62. The van der Waals surface area contributed by atoms with Gasteiger partial charge in [0.2, 0.25) is 5.91 Å². The summed E-state index contributed by atoms with van der Waals surface area (Å²) < 4.78 is 26.3. The molecule has 5 heteroatoms. The fraction of sp³-hybridized carbons (Fsp3) is 0.462. The van der Waals surface area contributed by atoms with Crippen molar-refractivity contribution in [1.82, 2.24) is 5.32 Å². The maximum absolute atomic E-state index is 13.4. The van der Waals surface area contributed by atoms with E-state index in [0.717, 1.165) is 6.07 Å². The van der Waals surface area contributed by atoms with Gasteiger partial charge in [-0.2, -0.15) is 0 Å². The molecule has 1 amide bonds.